The summed E-state index contributed by atoms with van der Waals surface area (Å²) >= 11 is 0. The zero-order valence-corrected chi connectivity index (χ0v) is 27.8. The van der Waals surface area contributed by atoms with Gasteiger partial charge in [-0.3, -0.25) is 14.7 Å². The van der Waals surface area contributed by atoms with Gasteiger partial charge < -0.3 is 19.9 Å². The van der Waals surface area contributed by atoms with E-state index in [2.05, 4.69) is 20.2 Å². The van der Waals surface area contributed by atoms with Crippen molar-refractivity contribution in [1.82, 2.24) is 30.1 Å². The predicted molar refractivity (Wildman–Crippen MR) is 182 cm³/mol. The van der Waals surface area contributed by atoms with Crippen LogP contribution in [0, 0.1) is 18.6 Å². The fraction of sp³-hybridized carbons (Fsp3) is 0.459. The van der Waals surface area contributed by atoms with Gasteiger partial charge in [0.15, 0.2) is 5.82 Å². The summed E-state index contributed by atoms with van der Waals surface area (Å²) in [4.78, 5) is 32.9. The predicted octanol–water partition coefficient (Wildman–Crippen LogP) is 5.34. The van der Waals surface area contributed by atoms with Crippen LogP contribution in [0.3, 0.4) is 0 Å². The number of hydrogen-bond donors (Lipinski definition) is 1. The Morgan fingerprint density at radius 1 is 1.12 bits per heavy atom. The molecule has 4 atom stereocenters. The molecule has 0 aliphatic carbocycles. The first kappa shape index (κ1) is 31.9. The second kappa shape index (κ2) is 12.5. The number of carbonyl (C=O) groups excluding carboxylic acids is 1. The average molecular weight is 672 g/mol. The Balaban J connectivity index is 1.16. The van der Waals surface area contributed by atoms with Crippen molar-refractivity contribution in [2.24, 2.45) is 0 Å². The van der Waals surface area contributed by atoms with Crippen molar-refractivity contribution in [2.75, 3.05) is 51.3 Å². The number of amides is 1. The van der Waals surface area contributed by atoms with E-state index in [-0.39, 0.29) is 47.6 Å². The monoisotopic (exact) mass is 671 g/mol. The SMILES string of the molecule is Cc1c(F)ccc2c(-c3ncc4c(N(C)[C@@H]5CCN(C(=O)/C=C/[C@H]6CCN6)C5)nc(OC[C@@]56CCCN5C[C@H](F)C6)nc4c3F)cccc12. The Morgan fingerprint density at radius 3 is 2.80 bits per heavy atom. The normalized spacial score (nSPS) is 25.4. The van der Waals surface area contributed by atoms with E-state index >= 15 is 4.39 Å². The highest BCUT2D eigenvalue weighted by atomic mass is 19.1. The number of aryl methyl sites for hydroxylation is 1. The van der Waals surface area contributed by atoms with E-state index in [1.54, 1.807) is 37.4 Å². The van der Waals surface area contributed by atoms with E-state index in [0.29, 0.717) is 65.6 Å². The summed E-state index contributed by atoms with van der Waals surface area (Å²) in [6.07, 6.45) is 8.12. The Bertz CT molecular complexity index is 1970. The molecule has 0 bridgehead atoms. The molecule has 4 saturated heterocycles. The number of rotatable bonds is 8. The molecule has 0 unspecified atom stereocenters. The van der Waals surface area contributed by atoms with Crippen LogP contribution in [0.4, 0.5) is 19.0 Å². The van der Waals surface area contributed by atoms with Gasteiger partial charge in [0.2, 0.25) is 5.91 Å². The van der Waals surface area contributed by atoms with Crippen LogP contribution in [0.15, 0.2) is 48.7 Å². The lowest BCUT2D eigenvalue weighted by Gasteiger charge is -2.31. The summed E-state index contributed by atoms with van der Waals surface area (Å²) in [6, 6.07) is 8.53. The molecule has 12 heteroatoms. The maximum Gasteiger partial charge on any atom is 0.319 e. The Hall–Kier alpha value is -4.29. The van der Waals surface area contributed by atoms with Crippen LogP contribution in [-0.4, -0.2) is 101 Å². The summed E-state index contributed by atoms with van der Waals surface area (Å²) in [5.41, 5.74) is 0.696. The number of ether oxygens (including phenoxy) is 1. The van der Waals surface area contributed by atoms with Crippen LogP contribution in [0.5, 0.6) is 6.01 Å². The molecule has 9 nitrogen and oxygen atoms in total. The standard InChI is InChI=1S/C37H40F3N7O2/c1-22-26-5-3-6-28(27(26)8-9-30(22)39)33-32(40)34-29(18-42-33)35(44-36(43-34)49-21-37-13-4-15-47(37)19-23(38)17-37)45(2)25-12-16-46(20-25)31(48)10-7-24-11-14-41-24/h3,5-10,18,23-25,41H,4,11-17,19-21H2,1-2H3/b10-7+/t23-,24+,25-,37+/m1/s1. The third kappa shape index (κ3) is 5.68. The van der Waals surface area contributed by atoms with E-state index in [1.165, 1.54) is 6.07 Å². The first-order valence-corrected chi connectivity index (χ1v) is 17.2. The number of nitrogens with one attached hydrogen (secondary N) is 1. The number of aromatic nitrogens is 3. The first-order chi connectivity index (χ1) is 23.7. The van der Waals surface area contributed by atoms with Crippen LogP contribution in [-0.2, 0) is 4.79 Å². The number of benzene rings is 2. The van der Waals surface area contributed by atoms with E-state index < -0.39 is 17.5 Å². The minimum Gasteiger partial charge on any atom is -0.461 e. The van der Waals surface area contributed by atoms with Gasteiger partial charge in [-0.1, -0.05) is 30.3 Å². The third-order valence-electron chi connectivity index (χ3n) is 11.1. The van der Waals surface area contributed by atoms with Crippen molar-refractivity contribution in [2.45, 2.75) is 62.8 Å². The molecule has 6 heterocycles. The van der Waals surface area contributed by atoms with E-state index in [1.807, 2.05) is 29.0 Å². The summed E-state index contributed by atoms with van der Waals surface area (Å²) in [5.74, 6) is -0.569. The van der Waals surface area contributed by atoms with Crippen LogP contribution in [0.2, 0.25) is 0 Å². The van der Waals surface area contributed by atoms with Crippen molar-refractivity contribution in [3.05, 3.63) is 65.9 Å². The van der Waals surface area contributed by atoms with Gasteiger partial charge in [0.25, 0.3) is 0 Å². The number of halogens is 3. The van der Waals surface area contributed by atoms with Gasteiger partial charge in [-0.05, 0) is 68.1 Å². The number of pyridine rings is 1. The molecule has 8 rings (SSSR count). The molecular weight excluding hydrogens is 631 g/mol. The zero-order valence-electron chi connectivity index (χ0n) is 27.8. The molecule has 49 heavy (non-hydrogen) atoms. The highest BCUT2D eigenvalue weighted by molar-refractivity contribution is 6.00. The number of nitrogens with zero attached hydrogens (tertiary/aromatic N) is 6. The fourth-order valence-corrected chi connectivity index (χ4v) is 8.09. The van der Waals surface area contributed by atoms with Gasteiger partial charge in [0.1, 0.15) is 35.6 Å². The van der Waals surface area contributed by atoms with Crippen molar-refractivity contribution in [3.8, 4) is 17.3 Å². The maximum atomic E-state index is 16.8. The zero-order chi connectivity index (χ0) is 33.9. The summed E-state index contributed by atoms with van der Waals surface area (Å²) in [5, 5.41) is 5.03. The van der Waals surface area contributed by atoms with Gasteiger partial charge in [-0.25, -0.2) is 13.2 Å². The maximum absolute atomic E-state index is 16.8. The number of likely N-dealkylation sites (N-methyl/N-ethyl adjacent to an activating group) is 1. The number of hydrogen-bond acceptors (Lipinski definition) is 8. The van der Waals surface area contributed by atoms with E-state index in [4.69, 9.17) is 9.72 Å². The smallest absolute Gasteiger partial charge is 0.319 e. The summed E-state index contributed by atoms with van der Waals surface area (Å²) in [6.45, 7) is 5.13. The highest BCUT2D eigenvalue weighted by Crippen LogP contribution is 2.41. The van der Waals surface area contributed by atoms with Gasteiger partial charge in [-0.15, -0.1) is 0 Å². The molecule has 4 aliphatic heterocycles. The second-order valence-corrected chi connectivity index (χ2v) is 14.0. The molecule has 0 spiro atoms. The molecule has 4 aromatic rings. The van der Waals surface area contributed by atoms with Gasteiger partial charge >= 0.3 is 6.01 Å². The quantitative estimate of drug-likeness (QED) is 0.252. The number of alkyl halides is 1. The molecule has 0 saturated carbocycles. The number of anilines is 1. The van der Waals surface area contributed by atoms with Crippen LogP contribution < -0.4 is 15.0 Å². The number of carbonyl (C=O) groups is 1. The molecule has 1 amide bonds. The summed E-state index contributed by atoms with van der Waals surface area (Å²) in [7, 11) is 1.88. The molecular formula is C37H40F3N7O2. The molecule has 4 fully saturated rings. The minimum atomic E-state index is -0.917. The highest BCUT2D eigenvalue weighted by Gasteiger charge is 2.49. The lowest BCUT2D eigenvalue weighted by molar-refractivity contribution is -0.125. The molecule has 256 valence electrons. The lowest BCUT2D eigenvalue weighted by Crippen LogP contribution is -2.43. The fourth-order valence-electron chi connectivity index (χ4n) is 8.09. The van der Waals surface area contributed by atoms with Crippen LogP contribution in [0.1, 0.15) is 37.7 Å². The van der Waals surface area contributed by atoms with E-state index in [0.717, 1.165) is 32.4 Å². The molecule has 4 aliphatic rings. The van der Waals surface area contributed by atoms with Gasteiger partial charge in [0.05, 0.1) is 10.9 Å². The Labute approximate surface area is 283 Å². The van der Waals surface area contributed by atoms with Gasteiger partial charge in [0, 0.05) is 63.0 Å². The molecule has 0 radical (unpaired) electrons. The number of likely N-dealkylation sites (tertiary alicyclic amines) is 1. The third-order valence-corrected chi connectivity index (χ3v) is 11.1. The van der Waals surface area contributed by atoms with Crippen molar-refractivity contribution < 1.29 is 22.7 Å². The molecule has 1 N–H and O–H groups in total. The van der Waals surface area contributed by atoms with Crippen molar-refractivity contribution in [3.63, 3.8) is 0 Å². The average Bonchev–Trinajstić information content (AvgIpc) is 3.79. The molecule has 2 aromatic carbocycles. The second-order valence-electron chi connectivity index (χ2n) is 14.0. The topological polar surface area (TPSA) is 86.7 Å². The molecule has 2 aromatic heterocycles. The van der Waals surface area contributed by atoms with Crippen molar-refractivity contribution >= 4 is 33.4 Å². The Morgan fingerprint density at radius 2 is 1.98 bits per heavy atom. The number of fused-ring (bicyclic) bond motifs is 3. The van der Waals surface area contributed by atoms with E-state index in [9.17, 15) is 13.6 Å². The van der Waals surface area contributed by atoms with Crippen molar-refractivity contribution in [1.29, 1.82) is 0 Å². The largest absolute Gasteiger partial charge is 0.461 e. The minimum absolute atomic E-state index is 0.00614. The Kier molecular flexibility index (Phi) is 8.18. The summed E-state index contributed by atoms with van der Waals surface area (Å²) < 4.78 is 52.0. The first-order valence-electron chi connectivity index (χ1n) is 17.2. The lowest BCUT2D eigenvalue weighted by atomic mass is 9.95. The van der Waals surface area contributed by atoms with Gasteiger partial charge in [-0.2, -0.15) is 9.97 Å². The van der Waals surface area contributed by atoms with Crippen LogP contribution in [0.25, 0.3) is 32.9 Å². The van der Waals surface area contributed by atoms with Crippen LogP contribution >= 0.6 is 0 Å².